The van der Waals surface area contributed by atoms with E-state index in [9.17, 15) is 27.7 Å². The van der Waals surface area contributed by atoms with Crippen molar-refractivity contribution in [2.75, 3.05) is 0 Å². The molecule has 1 aromatic heterocycles. The van der Waals surface area contributed by atoms with Gasteiger partial charge >= 0.3 is 59.1 Å². The zero-order valence-electron chi connectivity index (χ0n) is 16.3. The molecule has 0 bridgehead atoms. The van der Waals surface area contributed by atoms with Crippen LogP contribution in [0.5, 0.6) is 0 Å². The fourth-order valence-corrected chi connectivity index (χ4v) is 2.91. The van der Waals surface area contributed by atoms with Gasteiger partial charge in [0.05, 0.1) is 27.9 Å². The van der Waals surface area contributed by atoms with Gasteiger partial charge in [-0.3, -0.25) is 9.89 Å². The number of carboxylic acid groups (broad SMARTS) is 1. The summed E-state index contributed by atoms with van der Waals surface area (Å²) >= 11 is 0. The van der Waals surface area contributed by atoms with E-state index < -0.39 is 26.5 Å². The Morgan fingerprint density at radius 3 is 2.20 bits per heavy atom. The van der Waals surface area contributed by atoms with Gasteiger partial charge in [-0.25, -0.2) is 13.1 Å². The Kier molecular flexibility index (Phi) is 9.39. The molecule has 3 aromatic rings. The fraction of sp³-hybridized carbons (Fsp3) is 0.0588. The number of nitrogens with one attached hydrogen (secondary N) is 1. The molecule has 10 nitrogen and oxygen atoms in total. The number of rotatable bonds is 5. The van der Waals surface area contributed by atoms with E-state index in [1.165, 1.54) is 30.3 Å². The monoisotopic (exact) mass is 446 g/mol. The molecule has 0 amide bonds. The number of aryl methyl sites for hydroxylation is 1. The first-order valence-corrected chi connectivity index (χ1v) is 9.19. The molecule has 30 heavy (non-hydrogen) atoms. The number of carboxylic acids is 1. The van der Waals surface area contributed by atoms with Crippen LogP contribution in [-0.2, 0) is 10.1 Å². The van der Waals surface area contributed by atoms with Crippen molar-refractivity contribution in [2.24, 2.45) is 10.2 Å². The number of aromatic carboxylic acids is 1. The van der Waals surface area contributed by atoms with Crippen molar-refractivity contribution in [1.82, 2.24) is 9.78 Å². The van der Waals surface area contributed by atoms with Gasteiger partial charge in [-0.15, -0.1) is 10.2 Å². The van der Waals surface area contributed by atoms with E-state index in [0.717, 1.165) is 16.8 Å². The fourth-order valence-electron chi connectivity index (χ4n) is 2.44. The summed E-state index contributed by atoms with van der Waals surface area (Å²) in [4.78, 5) is 23.3. The van der Waals surface area contributed by atoms with E-state index in [1.54, 1.807) is 13.0 Å². The quantitative estimate of drug-likeness (QED) is 0.235. The van der Waals surface area contributed by atoms with E-state index in [-0.39, 0.29) is 81.7 Å². The third-order valence-corrected chi connectivity index (χ3v) is 4.66. The first-order chi connectivity index (χ1) is 13.2. The molecule has 1 N–H and O–H groups in total. The number of azo groups is 1. The minimum atomic E-state index is -4.60. The molecular formula is C17H12N4Na2O6S. The molecule has 0 aliphatic rings. The smallest absolute Gasteiger partial charge is 0.744 e. The van der Waals surface area contributed by atoms with Crippen LogP contribution >= 0.6 is 0 Å². The van der Waals surface area contributed by atoms with Gasteiger partial charge in [0.25, 0.3) is 5.56 Å². The molecule has 3 rings (SSSR count). The Labute approximate surface area is 215 Å². The van der Waals surface area contributed by atoms with Gasteiger partial charge in [0.2, 0.25) is 0 Å². The maximum atomic E-state index is 12.6. The summed E-state index contributed by atoms with van der Waals surface area (Å²) in [6.07, 6.45) is 0. The van der Waals surface area contributed by atoms with Gasteiger partial charge in [0.1, 0.15) is 10.1 Å². The Morgan fingerprint density at radius 1 is 1.03 bits per heavy atom. The predicted molar refractivity (Wildman–Crippen MR) is 94.0 cm³/mol. The van der Waals surface area contributed by atoms with E-state index >= 15 is 0 Å². The summed E-state index contributed by atoms with van der Waals surface area (Å²) in [5, 5.41) is 21.5. The standard InChI is InChI=1S/C17H14N4O6S.2Na/c1-10-15(19-18-14-5-3-2-4-13(14)17(23)24)16(22)21(20-10)11-6-8-12(9-7-11)28(25,26)27;;/h2-9,20H,1H3,(H,23,24)(H,25,26,27);;/q;2*+1/p-2. The molecule has 0 aliphatic carbocycles. The van der Waals surface area contributed by atoms with Crippen LogP contribution < -0.4 is 69.8 Å². The largest absolute Gasteiger partial charge is 1.00 e. The maximum Gasteiger partial charge on any atom is 1.00 e. The SMILES string of the molecule is Cc1[nH]n(-c2ccc(S(=O)(=O)[O-])cc2)c(=O)c1N=Nc1ccccc1C(=O)[O-].[Na+].[Na+]. The van der Waals surface area contributed by atoms with Crippen LogP contribution in [0.1, 0.15) is 16.1 Å². The number of aromatic nitrogens is 2. The van der Waals surface area contributed by atoms with Gasteiger partial charge in [-0.05, 0) is 37.3 Å². The third-order valence-electron chi connectivity index (χ3n) is 3.81. The molecule has 2 aromatic carbocycles. The number of carbonyl (C=O) groups is 1. The van der Waals surface area contributed by atoms with E-state index in [1.807, 2.05) is 0 Å². The molecule has 13 heteroatoms. The number of hydrogen-bond acceptors (Lipinski definition) is 8. The van der Waals surface area contributed by atoms with Crippen molar-refractivity contribution in [3.8, 4) is 5.69 Å². The topological polar surface area (TPSA) is 160 Å². The summed E-state index contributed by atoms with van der Waals surface area (Å²) in [5.41, 5.74) is -0.177. The van der Waals surface area contributed by atoms with Gasteiger partial charge in [0, 0.05) is 5.56 Å². The van der Waals surface area contributed by atoms with Gasteiger partial charge in [-0.2, -0.15) is 0 Å². The number of H-pyrrole nitrogens is 1. The maximum absolute atomic E-state index is 12.6. The van der Waals surface area contributed by atoms with E-state index in [0.29, 0.717) is 5.69 Å². The van der Waals surface area contributed by atoms with Crippen molar-refractivity contribution in [3.63, 3.8) is 0 Å². The van der Waals surface area contributed by atoms with E-state index in [4.69, 9.17) is 0 Å². The molecule has 1 heterocycles. The first-order valence-electron chi connectivity index (χ1n) is 7.78. The Balaban J connectivity index is 0.00000225. The summed E-state index contributed by atoms with van der Waals surface area (Å²) in [6.45, 7) is 1.56. The molecular weight excluding hydrogens is 434 g/mol. The Morgan fingerprint density at radius 2 is 1.63 bits per heavy atom. The summed E-state index contributed by atoms with van der Waals surface area (Å²) in [7, 11) is -4.60. The Hall–Kier alpha value is -1.57. The van der Waals surface area contributed by atoms with Crippen LogP contribution in [0.2, 0.25) is 0 Å². The van der Waals surface area contributed by atoms with Crippen LogP contribution in [0.15, 0.2) is 68.4 Å². The van der Waals surface area contributed by atoms with Crippen LogP contribution in [0.4, 0.5) is 11.4 Å². The van der Waals surface area contributed by atoms with Gasteiger partial charge in [-0.1, -0.05) is 18.2 Å². The number of aromatic amines is 1. The minimum absolute atomic E-state index is 0. The molecule has 144 valence electrons. The summed E-state index contributed by atoms with van der Waals surface area (Å²) < 4.78 is 34.1. The predicted octanol–water partition coefficient (Wildman–Crippen LogP) is -4.83. The van der Waals surface area contributed by atoms with Crippen LogP contribution in [0.25, 0.3) is 5.69 Å². The molecule has 0 aliphatic heterocycles. The van der Waals surface area contributed by atoms with Crippen LogP contribution in [0.3, 0.4) is 0 Å². The number of benzene rings is 2. The van der Waals surface area contributed by atoms with Gasteiger partial charge in [0.15, 0.2) is 5.69 Å². The second kappa shape index (κ2) is 10.6. The van der Waals surface area contributed by atoms with Crippen molar-refractivity contribution in [3.05, 3.63) is 70.1 Å². The second-order valence-corrected chi connectivity index (χ2v) is 7.06. The molecule has 0 radical (unpaired) electrons. The van der Waals surface area contributed by atoms with E-state index in [2.05, 4.69) is 15.3 Å². The number of carbonyl (C=O) groups excluding carboxylic acids is 1. The average molecular weight is 446 g/mol. The molecule has 0 saturated carbocycles. The normalized spacial score (nSPS) is 11.0. The molecule has 0 unspecified atom stereocenters. The van der Waals surface area contributed by atoms with Crippen LogP contribution in [0, 0.1) is 6.92 Å². The van der Waals surface area contributed by atoms with Crippen molar-refractivity contribution in [2.45, 2.75) is 11.8 Å². The average Bonchev–Trinajstić information content (AvgIpc) is 2.93. The van der Waals surface area contributed by atoms with Crippen molar-refractivity contribution in [1.29, 1.82) is 0 Å². The molecule has 0 atom stereocenters. The minimum Gasteiger partial charge on any atom is -0.744 e. The Bertz CT molecular complexity index is 1250. The van der Waals surface area contributed by atoms with Gasteiger partial charge < -0.3 is 14.5 Å². The zero-order valence-corrected chi connectivity index (χ0v) is 21.1. The molecule has 0 saturated heterocycles. The van der Waals surface area contributed by atoms with Crippen molar-refractivity contribution >= 4 is 27.5 Å². The zero-order chi connectivity index (χ0) is 20.5. The summed E-state index contributed by atoms with van der Waals surface area (Å²) in [6, 6.07) is 10.5. The summed E-state index contributed by atoms with van der Waals surface area (Å²) in [5.74, 6) is -1.42. The second-order valence-electron chi connectivity index (χ2n) is 5.68. The van der Waals surface area contributed by atoms with Crippen molar-refractivity contribution < 1.29 is 82.0 Å². The third kappa shape index (κ3) is 5.77. The number of hydrogen-bond donors (Lipinski definition) is 1. The molecule has 0 fully saturated rings. The van der Waals surface area contributed by atoms with Crippen LogP contribution in [-0.4, -0.2) is 28.7 Å². The number of nitrogens with zero attached hydrogens (tertiary/aromatic N) is 3. The molecule has 0 spiro atoms. The first kappa shape index (κ1) is 26.5.